The van der Waals surface area contributed by atoms with E-state index in [0.29, 0.717) is 36.6 Å². The topological polar surface area (TPSA) is 103 Å². The summed E-state index contributed by atoms with van der Waals surface area (Å²) >= 11 is 1.37. The SMILES string of the molecule is CCN(CC)C(=O)C[C@H]1c2nc(NC(=O)c3ccc(F)cc3)sc2C[C@H]2[C@](C)(CO)[C@H](O)CC[C@]21C. The van der Waals surface area contributed by atoms with E-state index in [-0.39, 0.29) is 42.1 Å². The van der Waals surface area contributed by atoms with Crippen LogP contribution in [0.2, 0.25) is 0 Å². The largest absolute Gasteiger partial charge is 0.396 e. The van der Waals surface area contributed by atoms with Gasteiger partial charge < -0.3 is 15.1 Å². The van der Waals surface area contributed by atoms with Crippen LogP contribution in [-0.4, -0.2) is 57.7 Å². The Morgan fingerprint density at radius 1 is 1.22 bits per heavy atom. The van der Waals surface area contributed by atoms with Crippen LogP contribution in [0.25, 0.3) is 0 Å². The van der Waals surface area contributed by atoms with Crippen molar-refractivity contribution < 1.29 is 24.2 Å². The van der Waals surface area contributed by atoms with Gasteiger partial charge in [0, 0.05) is 41.3 Å². The van der Waals surface area contributed by atoms with E-state index in [1.165, 1.54) is 35.6 Å². The van der Waals surface area contributed by atoms with E-state index in [9.17, 15) is 24.2 Å². The lowest BCUT2D eigenvalue weighted by Crippen LogP contribution is -2.57. The highest BCUT2D eigenvalue weighted by atomic mass is 32.1. The van der Waals surface area contributed by atoms with Crippen molar-refractivity contribution >= 4 is 28.3 Å². The summed E-state index contributed by atoms with van der Waals surface area (Å²) in [5.74, 6) is -0.995. The molecule has 196 valence electrons. The van der Waals surface area contributed by atoms with E-state index in [0.717, 1.165) is 17.0 Å². The molecule has 2 aliphatic carbocycles. The van der Waals surface area contributed by atoms with Crippen LogP contribution in [0.15, 0.2) is 24.3 Å². The van der Waals surface area contributed by atoms with Gasteiger partial charge in [0.05, 0.1) is 18.4 Å². The van der Waals surface area contributed by atoms with E-state index >= 15 is 0 Å². The standard InChI is InChI=1S/C27H36FN3O4S/c1-5-31(6-2)22(34)13-18-23-19(14-20-26(18,3)12-11-21(33)27(20,4)15-32)36-25(29-23)30-24(35)16-7-9-17(28)10-8-16/h7-10,18,20-21,32-33H,5-6,11-15H2,1-4H3,(H,29,30,35)/t18-,20+,21+,26-,27-/m0/s1. The van der Waals surface area contributed by atoms with E-state index in [1.54, 1.807) is 0 Å². The molecular formula is C27H36FN3O4S. The molecule has 36 heavy (non-hydrogen) atoms. The molecule has 5 atom stereocenters. The summed E-state index contributed by atoms with van der Waals surface area (Å²) in [5.41, 5.74) is 0.0985. The normalized spacial score (nSPS) is 29.2. The minimum absolute atomic E-state index is 0.0538. The van der Waals surface area contributed by atoms with Crippen LogP contribution in [0.5, 0.6) is 0 Å². The fourth-order valence-electron chi connectivity index (χ4n) is 6.35. The summed E-state index contributed by atoms with van der Waals surface area (Å²) in [5, 5.41) is 24.6. The third-order valence-electron chi connectivity index (χ3n) is 8.72. The predicted molar refractivity (Wildman–Crippen MR) is 137 cm³/mol. The number of hydrogen-bond acceptors (Lipinski definition) is 6. The molecule has 9 heteroatoms. The van der Waals surface area contributed by atoms with Crippen LogP contribution in [0.3, 0.4) is 0 Å². The second-order valence-electron chi connectivity index (χ2n) is 10.6. The van der Waals surface area contributed by atoms with Crippen molar-refractivity contribution in [3.63, 3.8) is 0 Å². The first-order chi connectivity index (χ1) is 17.1. The smallest absolute Gasteiger partial charge is 0.257 e. The maximum atomic E-state index is 13.3. The van der Waals surface area contributed by atoms with E-state index in [2.05, 4.69) is 12.2 Å². The van der Waals surface area contributed by atoms with Crippen LogP contribution in [0.1, 0.15) is 73.8 Å². The lowest BCUT2D eigenvalue weighted by Gasteiger charge is -2.58. The lowest BCUT2D eigenvalue weighted by atomic mass is 9.47. The number of aliphatic hydroxyl groups is 2. The molecule has 0 bridgehead atoms. The average molecular weight is 518 g/mol. The number of amides is 2. The van der Waals surface area contributed by atoms with Gasteiger partial charge in [0.1, 0.15) is 5.82 Å². The van der Waals surface area contributed by atoms with Crippen molar-refractivity contribution in [2.45, 2.75) is 65.4 Å². The van der Waals surface area contributed by atoms with Crippen LogP contribution in [0, 0.1) is 22.6 Å². The first-order valence-corrected chi connectivity index (χ1v) is 13.5. The number of carbonyl (C=O) groups excluding carboxylic acids is 2. The Morgan fingerprint density at radius 2 is 1.89 bits per heavy atom. The summed E-state index contributed by atoms with van der Waals surface area (Å²) in [6, 6.07) is 5.33. The molecule has 1 aromatic carbocycles. The zero-order valence-corrected chi connectivity index (χ0v) is 22.2. The number of halogens is 1. The number of fused-ring (bicyclic) bond motifs is 2. The van der Waals surface area contributed by atoms with Crippen molar-refractivity contribution in [1.29, 1.82) is 0 Å². The molecule has 1 saturated carbocycles. The highest BCUT2D eigenvalue weighted by Gasteiger charge is 2.59. The number of anilines is 1. The highest BCUT2D eigenvalue weighted by Crippen LogP contribution is 2.62. The fraction of sp³-hybridized carbons (Fsp3) is 0.593. The molecule has 2 aromatic rings. The molecule has 0 unspecified atom stereocenters. The third-order valence-corrected chi connectivity index (χ3v) is 9.72. The van der Waals surface area contributed by atoms with Crippen LogP contribution >= 0.6 is 11.3 Å². The Balaban J connectivity index is 1.72. The van der Waals surface area contributed by atoms with Crippen molar-refractivity contribution in [2.24, 2.45) is 16.7 Å². The summed E-state index contributed by atoms with van der Waals surface area (Å²) < 4.78 is 13.3. The summed E-state index contributed by atoms with van der Waals surface area (Å²) in [6.45, 7) is 9.13. The van der Waals surface area contributed by atoms with Gasteiger partial charge in [-0.15, -0.1) is 11.3 Å². The lowest BCUT2D eigenvalue weighted by molar-refractivity contribution is -0.147. The number of carbonyl (C=O) groups is 2. The molecule has 0 radical (unpaired) electrons. The van der Waals surface area contributed by atoms with Gasteiger partial charge in [0.25, 0.3) is 5.91 Å². The first kappa shape index (κ1) is 26.7. The average Bonchev–Trinajstić information content (AvgIpc) is 3.26. The minimum atomic E-state index is -0.706. The highest BCUT2D eigenvalue weighted by molar-refractivity contribution is 7.15. The Morgan fingerprint density at radius 3 is 2.50 bits per heavy atom. The van der Waals surface area contributed by atoms with Gasteiger partial charge in [-0.3, -0.25) is 14.9 Å². The predicted octanol–water partition coefficient (Wildman–Crippen LogP) is 4.21. The molecule has 0 saturated heterocycles. The zero-order chi connectivity index (χ0) is 26.3. The Bertz CT molecular complexity index is 1120. The summed E-state index contributed by atoms with van der Waals surface area (Å²) in [7, 11) is 0. The summed E-state index contributed by atoms with van der Waals surface area (Å²) in [4.78, 5) is 33.7. The quantitative estimate of drug-likeness (QED) is 0.511. The van der Waals surface area contributed by atoms with Crippen LogP contribution < -0.4 is 5.32 Å². The van der Waals surface area contributed by atoms with Crippen molar-refractivity contribution in [3.8, 4) is 0 Å². The number of aromatic nitrogens is 1. The Hall–Kier alpha value is -2.36. The molecule has 3 N–H and O–H groups in total. The molecule has 4 rings (SSSR count). The van der Waals surface area contributed by atoms with E-state index < -0.39 is 17.3 Å². The number of hydrogen-bond donors (Lipinski definition) is 3. The van der Waals surface area contributed by atoms with Gasteiger partial charge in [-0.2, -0.15) is 0 Å². The maximum Gasteiger partial charge on any atom is 0.257 e. The molecule has 1 fully saturated rings. The number of aliphatic hydroxyl groups excluding tert-OH is 2. The number of nitrogens with zero attached hydrogens (tertiary/aromatic N) is 2. The molecule has 0 spiro atoms. The zero-order valence-electron chi connectivity index (χ0n) is 21.4. The van der Waals surface area contributed by atoms with Gasteiger partial charge >= 0.3 is 0 Å². The molecule has 0 aliphatic heterocycles. The van der Waals surface area contributed by atoms with Crippen LogP contribution in [0.4, 0.5) is 9.52 Å². The number of benzene rings is 1. The minimum Gasteiger partial charge on any atom is -0.396 e. The Labute approximate surface area is 215 Å². The third kappa shape index (κ3) is 4.57. The number of nitrogens with one attached hydrogen (secondary N) is 1. The first-order valence-electron chi connectivity index (χ1n) is 12.7. The molecule has 7 nitrogen and oxygen atoms in total. The molecule has 1 heterocycles. The monoisotopic (exact) mass is 517 g/mol. The molecule has 2 amide bonds. The summed E-state index contributed by atoms with van der Waals surface area (Å²) in [6.07, 6.45) is 1.53. The second kappa shape index (κ2) is 10.2. The van der Waals surface area contributed by atoms with Crippen LogP contribution in [-0.2, 0) is 11.2 Å². The second-order valence-corrected chi connectivity index (χ2v) is 11.7. The fourth-order valence-corrected chi connectivity index (χ4v) is 7.41. The number of thiazole rings is 1. The number of rotatable bonds is 7. The molecular weight excluding hydrogens is 481 g/mol. The van der Waals surface area contributed by atoms with Gasteiger partial charge in [-0.05, 0) is 68.7 Å². The molecule has 2 aliphatic rings. The van der Waals surface area contributed by atoms with Gasteiger partial charge in [-0.25, -0.2) is 9.37 Å². The van der Waals surface area contributed by atoms with E-state index in [4.69, 9.17) is 4.98 Å². The molecule has 1 aromatic heterocycles. The van der Waals surface area contributed by atoms with Crippen molar-refractivity contribution in [1.82, 2.24) is 9.88 Å². The van der Waals surface area contributed by atoms with Gasteiger partial charge in [-0.1, -0.05) is 13.8 Å². The van der Waals surface area contributed by atoms with E-state index in [1.807, 2.05) is 25.7 Å². The Kier molecular flexibility index (Phi) is 7.55. The van der Waals surface area contributed by atoms with Crippen molar-refractivity contribution in [2.75, 3.05) is 25.0 Å². The maximum absolute atomic E-state index is 13.3. The van der Waals surface area contributed by atoms with Gasteiger partial charge in [0.2, 0.25) is 5.91 Å². The van der Waals surface area contributed by atoms with Gasteiger partial charge in [0.15, 0.2) is 5.13 Å². The van der Waals surface area contributed by atoms with Crippen molar-refractivity contribution in [3.05, 3.63) is 46.2 Å².